The van der Waals surface area contributed by atoms with Crippen molar-refractivity contribution in [3.8, 4) is 11.5 Å². The summed E-state index contributed by atoms with van der Waals surface area (Å²) in [6.07, 6.45) is 0.622. The molecule has 0 saturated carbocycles. The number of nitrogens with one attached hydrogen (secondary N) is 1. The summed E-state index contributed by atoms with van der Waals surface area (Å²) in [4.78, 5) is 0. The lowest BCUT2D eigenvalue weighted by atomic mass is 9.99. The Morgan fingerprint density at radius 2 is 1.79 bits per heavy atom. The fraction of sp³-hybridized carbons (Fsp3) is 0.429. The molecule has 0 aliphatic carbocycles. The molecular formula is C21H27ClFNO3S. The number of hydrogen-bond acceptors (Lipinski definition) is 3. The van der Waals surface area contributed by atoms with Gasteiger partial charge in [0.25, 0.3) is 0 Å². The molecule has 2 aromatic rings. The molecule has 0 aliphatic rings. The van der Waals surface area contributed by atoms with Crippen LogP contribution in [0.4, 0.5) is 4.39 Å². The van der Waals surface area contributed by atoms with Gasteiger partial charge in [0.2, 0.25) is 0 Å². The zero-order chi connectivity index (χ0) is 20.9. The Kier molecular flexibility index (Phi) is 7.87. The van der Waals surface area contributed by atoms with E-state index in [0.29, 0.717) is 23.3 Å². The summed E-state index contributed by atoms with van der Waals surface area (Å²) in [6.45, 7) is 7.77. The van der Waals surface area contributed by atoms with E-state index < -0.39 is 21.5 Å². The van der Waals surface area contributed by atoms with Gasteiger partial charge in [-0.3, -0.25) is 0 Å². The molecular weight excluding hydrogens is 401 g/mol. The highest BCUT2D eigenvalue weighted by molar-refractivity contribution is 7.84. The van der Waals surface area contributed by atoms with Crippen LogP contribution in [0.25, 0.3) is 0 Å². The molecule has 1 unspecified atom stereocenters. The van der Waals surface area contributed by atoms with E-state index in [1.165, 1.54) is 12.1 Å². The summed E-state index contributed by atoms with van der Waals surface area (Å²) >= 11 is 6.33. The van der Waals surface area contributed by atoms with E-state index in [1.54, 1.807) is 31.4 Å². The molecule has 154 valence electrons. The first kappa shape index (κ1) is 22.7. The van der Waals surface area contributed by atoms with E-state index in [0.717, 1.165) is 5.75 Å². The zero-order valence-corrected chi connectivity index (χ0v) is 18.4. The highest BCUT2D eigenvalue weighted by atomic mass is 35.5. The van der Waals surface area contributed by atoms with Crippen LogP contribution in [0, 0.1) is 5.82 Å². The van der Waals surface area contributed by atoms with Crippen molar-refractivity contribution >= 4 is 22.6 Å². The topological polar surface area (TPSA) is 47.6 Å². The summed E-state index contributed by atoms with van der Waals surface area (Å²) in [5.41, 5.74) is 1.32. The van der Waals surface area contributed by atoms with Gasteiger partial charge < -0.3 is 9.47 Å². The molecule has 0 radical (unpaired) electrons. The summed E-state index contributed by atoms with van der Waals surface area (Å²) in [5, 5.41) is 0.283. The average molecular weight is 428 g/mol. The first-order chi connectivity index (χ1) is 13.2. The van der Waals surface area contributed by atoms with E-state index in [9.17, 15) is 8.60 Å². The van der Waals surface area contributed by atoms with Gasteiger partial charge >= 0.3 is 0 Å². The smallest absolute Gasteiger partial charge is 0.125 e. The van der Waals surface area contributed by atoms with Gasteiger partial charge in [0.15, 0.2) is 0 Å². The molecule has 28 heavy (non-hydrogen) atoms. The Morgan fingerprint density at radius 3 is 2.32 bits per heavy atom. The van der Waals surface area contributed by atoms with Crippen LogP contribution in [-0.2, 0) is 17.6 Å². The van der Waals surface area contributed by atoms with Crippen LogP contribution in [0.1, 0.15) is 51.3 Å². The van der Waals surface area contributed by atoms with Crippen molar-refractivity contribution in [3.63, 3.8) is 0 Å². The van der Waals surface area contributed by atoms with E-state index in [2.05, 4.69) is 4.72 Å². The fourth-order valence-electron chi connectivity index (χ4n) is 2.59. The Morgan fingerprint density at radius 1 is 1.18 bits per heavy atom. The summed E-state index contributed by atoms with van der Waals surface area (Å²) in [6, 6.07) is 9.56. The molecule has 7 heteroatoms. The molecule has 4 nitrogen and oxygen atoms in total. The molecule has 0 heterocycles. The Hall–Kier alpha value is -1.63. The number of rotatable bonds is 8. The van der Waals surface area contributed by atoms with Crippen molar-refractivity contribution < 1.29 is 18.1 Å². The molecule has 0 aliphatic heterocycles. The minimum Gasteiger partial charge on any atom is -0.497 e. The first-order valence-corrected chi connectivity index (χ1v) is 10.6. The van der Waals surface area contributed by atoms with Crippen molar-refractivity contribution in [2.75, 3.05) is 7.11 Å². The highest BCUT2D eigenvalue weighted by Gasteiger charge is 2.25. The van der Waals surface area contributed by atoms with Crippen LogP contribution < -0.4 is 14.2 Å². The van der Waals surface area contributed by atoms with Gasteiger partial charge in [0, 0.05) is 11.6 Å². The van der Waals surface area contributed by atoms with Crippen molar-refractivity contribution in [1.82, 2.24) is 4.72 Å². The lowest BCUT2D eigenvalue weighted by Gasteiger charge is -2.26. The standard InChI is InChI=1S/C21H27ClFNO3S/c1-6-20(24-28(25)21(2,3)4)17-11-14(23)12-19(22)18(17)13-27-16-9-7-15(26-5)8-10-16/h7-12,20,24H,6,13H2,1-5H3/t20-,28?/m1/s1. The maximum atomic E-state index is 14.1. The molecule has 2 rings (SSSR count). The minimum absolute atomic E-state index is 0.168. The van der Waals surface area contributed by atoms with Crippen molar-refractivity contribution in [2.24, 2.45) is 0 Å². The Labute approximate surface area is 174 Å². The predicted molar refractivity (Wildman–Crippen MR) is 113 cm³/mol. The third kappa shape index (κ3) is 5.93. The molecule has 0 fully saturated rings. The monoisotopic (exact) mass is 427 g/mol. The third-order valence-electron chi connectivity index (χ3n) is 4.23. The predicted octanol–water partition coefficient (Wildman–Crippen LogP) is 5.57. The Bertz CT molecular complexity index is 822. The quantitative estimate of drug-likeness (QED) is 0.599. The molecule has 1 N–H and O–H groups in total. The van der Waals surface area contributed by atoms with E-state index in [1.807, 2.05) is 27.7 Å². The number of ether oxygens (including phenoxy) is 2. The summed E-state index contributed by atoms with van der Waals surface area (Å²) in [5.74, 6) is 0.939. The van der Waals surface area contributed by atoms with Gasteiger partial charge in [-0.1, -0.05) is 18.5 Å². The van der Waals surface area contributed by atoms with Gasteiger partial charge in [0.05, 0.1) is 27.9 Å². The van der Waals surface area contributed by atoms with Crippen molar-refractivity contribution in [1.29, 1.82) is 0 Å². The SMILES string of the molecule is CC[C@@H](NS(=O)C(C)(C)C)c1cc(F)cc(Cl)c1COc1ccc(OC)cc1. The maximum Gasteiger partial charge on any atom is 0.125 e. The van der Waals surface area contributed by atoms with Crippen LogP contribution in [-0.4, -0.2) is 16.1 Å². The number of methoxy groups -OCH3 is 1. The second kappa shape index (κ2) is 9.72. The van der Waals surface area contributed by atoms with Crippen molar-refractivity contribution in [2.45, 2.75) is 51.5 Å². The second-order valence-electron chi connectivity index (χ2n) is 7.38. The van der Waals surface area contributed by atoms with Crippen LogP contribution >= 0.6 is 11.6 Å². The molecule has 0 saturated heterocycles. The van der Waals surface area contributed by atoms with Crippen LogP contribution in [0.5, 0.6) is 11.5 Å². The van der Waals surface area contributed by atoms with E-state index in [-0.39, 0.29) is 17.7 Å². The Balaban J connectivity index is 2.29. The number of halogens is 2. The van der Waals surface area contributed by atoms with Crippen molar-refractivity contribution in [3.05, 3.63) is 58.4 Å². The lowest BCUT2D eigenvalue weighted by molar-refractivity contribution is 0.303. The van der Waals surface area contributed by atoms with Gasteiger partial charge in [-0.2, -0.15) is 0 Å². The van der Waals surface area contributed by atoms with Gasteiger partial charge in [-0.15, -0.1) is 0 Å². The van der Waals surface area contributed by atoms with Gasteiger partial charge in [0.1, 0.15) is 23.9 Å². The summed E-state index contributed by atoms with van der Waals surface area (Å²) in [7, 11) is 0.294. The van der Waals surface area contributed by atoms with Gasteiger partial charge in [-0.25, -0.2) is 13.3 Å². The molecule has 0 aromatic heterocycles. The molecule has 0 bridgehead atoms. The highest BCUT2D eigenvalue weighted by Crippen LogP contribution is 2.31. The van der Waals surface area contributed by atoms with Gasteiger partial charge in [-0.05, 0) is 69.2 Å². The van der Waals surface area contributed by atoms with Crippen LogP contribution in [0.3, 0.4) is 0 Å². The van der Waals surface area contributed by atoms with Crippen LogP contribution in [0.15, 0.2) is 36.4 Å². The van der Waals surface area contributed by atoms with E-state index >= 15 is 0 Å². The number of hydrogen-bond donors (Lipinski definition) is 1. The summed E-state index contributed by atoms with van der Waals surface area (Å²) < 4.78 is 40.3. The largest absolute Gasteiger partial charge is 0.497 e. The minimum atomic E-state index is -1.30. The molecule has 0 amide bonds. The normalized spacial score (nSPS) is 13.8. The van der Waals surface area contributed by atoms with E-state index in [4.69, 9.17) is 21.1 Å². The first-order valence-electron chi connectivity index (χ1n) is 9.08. The third-order valence-corrected chi connectivity index (χ3v) is 6.17. The fourth-order valence-corrected chi connectivity index (χ4v) is 3.76. The zero-order valence-electron chi connectivity index (χ0n) is 16.8. The average Bonchev–Trinajstić information content (AvgIpc) is 2.64. The maximum absolute atomic E-state index is 14.1. The second-order valence-corrected chi connectivity index (χ2v) is 9.78. The van der Waals surface area contributed by atoms with Crippen LogP contribution in [0.2, 0.25) is 5.02 Å². The number of benzene rings is 2. The lowest BCUT2D eigenvalue weighted by Crippen LogP contribution is -2.36. The molecule has 2 aromatic carbocycles. The molecule has 0 spiro atoms. The molecule has 2 atom stereocenters.